The van der Waals surface area contributed by atoms with Crippen LogP contribution in [0.5, 0.6) is 0 Å². The Kier molecular flexibility index (Phi) is 4.21. The van der Waals surface area contributed by atoms with Crippen molar-refractivity contribution in [3.63, 3.8) is 0 Å². The molecule has 2 atom stereocenters. The third kappa shape index (κ3) is 2.73. The standard InChI is InChI=1S/C14H25NO2S/c1-13(2,3)9-10(14(4,5)6)12(17)15(7-8-18)11(9)16/h9-10,18H,7-8H2,1-6H3. The molecular weight excluding hydrogens is 246 g/mol. The zero-order valence-electron chi connectivity index (χ0n) is 12.3. The molecule has 0 saturated carbocycles. The van der Waals surface area contributed by atoms with Crippen LogP contribution in [0, 0.1) is 22.7 Å². The maximum Gasteiger partial charge on any atom is 0.233 e. The lowest BCUT2D eigenvalue weighted by atomic mass is 9.65. The molecule has 0 bridgehead atoms. The number of imide groups is 1. The van der Waals surface area contributed by atoms with Crippen LogP contribution in [-0.4, -0.2) is 29.0 Å². The molecule has 1 aliphatic rings. The average molecular weight is 271 g/mol. The Balaban J connectivity index is 3.21. The van der Waals surface area contributed by atoms with Crippen LogP contribution in [0.2, 0.25) is 0 Å². The van der Waals surface area contributed by atoms with Gasteiger partial charge in [-0.1, -0.05) is 41.5 Å². The Labute approximate surface area is 116 Å². The molecule has 0 aromatic rings. The van der Waals surface area contributed by atoms with Crippen molar-refractivity contribution in [2.24, 2.45) is 22.7 Å². The fraction of sp³-hybridized carbons (Fsp3) is 0.857. The Hall–Kier alpha value is -0.510. The number of rotatable bonds is 2. The predicted octanol–water partition coefficient (Wildman–Crippen LogP) is 2.61. The van der Waals surface area contributed by atoms with Crippen molar-refractivity contribution in [2.45, 2.75) is 41.5 Å². The largest absolute Gasteiger partial charge is 0.281 e. The van der Waals surface area contributed by atoms with Gasteiger partial charge in [-0.15, -0.1) is 0 Å². The lowest BCUT2D eigenvalue weighted by molar-refractivity contribution is -0.140. The van der Waals surface area contributed by atoms with E-state index in [1.807, 2.05) is 41.5 Å². The fourth-order valence-corrected chi connectivity index (χ4v) is 2.99. The molecule has 0 spiro atoms. The molecule has 1 aliphatic heterocycles. The molecule has 1 fully saturated rings. The highest BCUT2D eigenvalue weighted by atomic mass is 32.1. The molecule has 1 rings (SSSR count). The van der Waals surface area contributed by atoms with Gasteiger partial charge in [0.15, 0.2) is 0 Å². The summed E-state index contributed by atoms with van der Waals surface area (Å²) in [6.07, 6.45) is 0. The number of thiol groups is 1. The molecule has 18 heavy (non-hydrogen) atoms. The van der Waals surface area contributed by atoms with E-state index in [0.29, 0.717) is 12.3 Å². The van der Waals surface area contributed by atoms with E-state index >= 15 is 0 Å². The van der Waals surface area contributed by atoms with E-state index in [2.05, 4.69) is 12.6 Å². The number of carbonyl (C=O) groups excluding carboxylic acids is 2. The van der Waals surface area contributed by atoms with E-state index in [1.165, 1.54) is 4.90 Å². The summed E-state index contributed by atoms with van der Waals surface area (Å²) in [6, 6.07) is 0. The van der Waals surface area contributed by atoms with Gasteiger partial charge in [-0.25, -0.2) is 0 Å². The number of carbonyl (C=O) groups is 2. The smallest absolute Gasteiger partial charge is 0.233 e. The van der Waals surface area contributed by atoms with Crippen LogP contribution in [0.25, 0.3) is 0 Å². The molecule has 0 aliphatic carbocycles. The third-order valence-electron chi connectivity index (χ3n) is 3.59. The van der Waals surface area contributed by atoms with E-state index in [9.17, 15) is 9.59 Å². The first-order valence-corrected chi connectivity index (χ1v) is 7.11. The highest BCUT2D eigenvalue weighted by Crippen LogP contribution is 2.47. The second-order valence-electron chi connectivity index (χ2n) is 7.24. The Bertz CT molecular complexity index is 320. The highest BCUT2D eigenvalue weighted by Gasteiger charge is 2.55. The van der Waals surface area contributed by atoms with E-state index in [4.69, 9.17) is 0 Å². The fourth-order valence-electron chi connectivity index (χ4n) is 2.79. The molecule has 0 aromatic carbocycles. The molecule has 1 heterocycles. The number of nitrogens with zero attached hydrogens (tertiary/aromatic N) is 1. The van der Waals surface area contributed by atoms with Gasteiger partial charge >= 0.3 is 0 Å². The summed E-state index contributed by atoms with van der Waals surface area (Å²) >= 11 is 4.14. The monoisotopic (exact) mass is 271 g/mol. The number of hydrogen-bond acceptors (Lipinski definition) is 3. The van der Waals surface area contributed by atoms with Crippen LogP contribution in [0.15, 0.2) is 0 Å². The minimum Gasteiger partial charge on any atom is -0.281 e. The van der Waals surface area contributed by atoms with Crippen LogP contribution in [-0.2, 0) is 9.59 Å². The quantitative estimate of drug-likeness (QED) is 0.619. The van der Waals surface area contributed by atoms with Crippen molar-refractivity contribution in [3.8, 4) is 0 Å². The number of amides is 2. The van der Waals surface area contributed by atoms with E-state index in [1.54, 1.807) is 0 Å². The molecule has 0 aromatic heterocycles. The van der Waals surface area contributed by atoms with Gasteiger partial charge in [-0.05, 0) is 10.8 Å². The normalized spacial score (nSPS) is 26.1. The number of hydrogen-bond donors (Lipinski definition) is 1. The third-order valence-corrected chi connectivity index (χ3v) is 3.79. The van der Waals surface area contributed by atoms with Gasteiger partial charge in [0.25, 0.3) is 0 Å². The van der Waals surface area contributed by atoms with Crippen molar-refractivity contribution in [1.29, 1.82) is 0 Å². The molecule has 0 radical (unpaired) electrons. The second kappa shape index (κ2) is 4.87. The first kappa shape index (κ1) is 15.5. The van der Waals surface area contributed by atoms with Crippen molar-refractivity contribution < 1.29 is 9.59 Å². The van der Waals surface area contributed by atoms with Gasteiger partial charge in [-0.2, -0.15) is 12.6 Å². The average Bonchev–Trinajstić information content (AvgIpc) is 2.40. The van der Waals surface area contributed by atoms with Crippen LogP contribution in [0.4, 0.5) is 0 Å². The molecule has 2 amide bonds. The first-order chi connectivity index (χ1) is 8.01. The van der Waals surface area contributed by atoms with Crippen LogP contribution < -0.4 is 0 Å². The zero-order chi connectivity index (χ0) is 14.3. The summed E-state index contributed by atoms with van der Waals surface area (Å²) in [5.74, 6) is 0.00305. The topological polar surface area (TPSA) is 37.4 Å². The lowest BCUT2D eigenvalue weighted by Crippen LogP contribution is -2.38. The van der Waals surface area contributed by atoms with Gasteiger partial charge in [0.1, 0.15) is 0 Å². The first-order valence-electron chi connectivity index (χ1n) is 6.48. The Morgan fingerprint density at radius 1 is 0.944 bits per heavy atom. The summed E-state index contributed by atoms with van der Waals surface area (Å²) in [5.41, 5.74) is -0.397. The summed E-state index contributed by atoms with van der Waals surface area (Å²) in [6.45, 7) is 12.6. The molecule has 4 heteroatoms. The van der Waals surface area contributed by atoms with E-state index in [0.717, 1.165) is 0 Å². The van der Waals surface area contributed by atoms with Crippen LogP contribution in [0.1, 0.15) is 41.5 Å². The Morgan fingerprint density at radius 3 is 1.50 bits per heavy atom. The highest BCUT2D eigenvalue weighted by molar-refractivity contribution is 7.80. The molecule has 0 N–H and O–H groups in total. The van der Waals surface area contributed by atoms with Crippen LogP contribution in [0.3, 0.4) is 0 Å². The zero-order valence-corrected chi connectivity index (χ0v) is 13.2. The number of likely N-dealkylation sites (tertiary alicyclic amines) is 1. The van der Waals surface area contributed by atoms with Crippen molar-refractivity contribution in [3.05, 3.63) is 0 Å². The van der Waals surface area contributed by atoms with E-state index in [-0.39, 0.29) is 34.5 Å². The predicted molar refractivity (Wildman–Crippen MR) is 76.5 cm³/mol. The lowest BCUT2D eigenvalue weighted by Gasteiger charge is -2.35. The molecule has 1 saturated heterocycles. The molecule has 104 valence electrons. The van der Waals surface area contributed by atoms with Crippen molar-refractivity contribution >= 4 is 24.4 Å². The molecule has 2 unspecified atom stereocenters. The summed E-state index contributed by atoms with van der Waals surface area (Å²) in [5, 5.41) is 0. The maximum absolute atomic E-state index is 12.5. The van der Waals surface area contributed by atoms with Gasteiger partial charge in [-0.3, -0.25) is 14.5 Å². The second-order valence-corrected chi connectivity index (χ2v) is 7.69. The SMILES string of the molecule is CC(C)(C)C1C(=O)N(CCS)C(=O)C1C(C)(C)C. The summed E-state index contributed by atoms with van der Waals surface area (Å²) in [4.78, 5) is 26.4. The van der Waals surface area contributed by atoms with E-state index < -0.39 is 0 Å². The van der Waals surface area contributed by atoms with Crippen molar-refractivity contribution in [2.75, 3.05) is 12.3 Å². The molecular formula is C14H25NO2S. The van der Waals surface area contributed by atoms with Gasteiger partial charge in [0.2, 0.25) is 11.8 Å². The van der Waals surface area contributed by atoms with Crippen molar-refractivity contribution in [1.82, 2.24) is 4.90 Å². The summed E-state index contributed by atoms with van der Waals surface area (Å²) < 4.78 is 0. The van der Waals surface area contributed by atoms with Gasteiger partial charge in [0, 0.05) is 12.3 Å². The maximum atomic E-state index is 12.5. The summed E-state index contributed by atoms with van der Waals surface area (Å²) in [7, 11) is 0. The van der Waals surface area contributed by atoms with Gasteiger partial charge < -0.3 is 0 Å². The Morgan fingerprint density at radius 2 is 1.28 bits per heavy atom. The van der Waals surface area contributed by atoms with Crippen LogP contribution >= 0.6 is 12.6 Å². The minimum atomic E-state index is -0.232. The minimum absolute atomic E-state index is 0.0264. The molecule has 3 nitrogen and oxygen atoms in total. The van der Waals surface area contributed by atoms with Gasteiger partial charge in [0.05, 0.1) is 11.8 Å².